The van der Waals surface area contributed by atoms with Gasteiger partial charge in [0.05, 0.1) is 5.41 Å². The molecule has 1 aliphatic heterocycles. The van der Waals surface area contributed by atoms with Crippen LogP contribution in [0.15, 0.2) is 78.3 Å². The summed E-state index contributed by atoms with van der Waals surface area (Å²) < 4.78 is 6.21. The quantitative estimate of drug-likeness (QED) is 0.384. The number of nitrogens with zero attached hydrogens (tertiary/aromatic N) is 2. The zero-order chi connectivity index (χ0) is 24.4. The van der Waals surface area contributed by atoms with Crippen LogP contribution in [0.2, 0.25) is 0 Å². The van der Waals surface area contributed by atoms with Crippen LogP contribution in [0.3, 0.4) is 0 Å². The minimum Gasteiger partial charge on any atom is -0.457 e. The number of anilines is 1. The van der Waals surface area contributed by atoms with Crippen molar-refractivity contribution in [2.75, 3.05) is 5.32 Å². The van der Waals surface area contributed by atoms with E-state index < -0.39 is 5.41 Å². The summed E-state index contributed by atoms with van der Waals surface area (Å²) in [5, 5.41) is 14.0. The van der Waals surface area contributed by atoms with Crippen molar-refractivity contribution in [2.45, 2.75) is 26.3 Å². The predicted molar refractivity (Wildman–Crippen MR) is 135 cm³/mol. The molecule has 0 bridgehead atoms. The SMILES string of the molecule is CC(C)(C(=O)Nc1nncs1)C1c2ccccc2Oc2cc(C(=O)NCc3ccccc3)ccc21. The van der Waals surface area contributed by atoms with Crippen molar-refractivity contribution in [3.63, 3.8) is 0 Å². The first-order valence-electron chi connectivity index (χ1n) is 11.2. The van der Waals surface area contributed by atoms with Gasteiger partial charge in [-0.05, 0) is 23.8 Å². The van der Waals surface area contributed by atoms with Crippen LogP contribution >= 0.6 is 11.3 Å². The molecule has 8 heteroatoms. The summed E-state index contributed by atoms with van der Waals surface area (Å²) >= 11 is 1.27. The Balaban J connectivity index is 1.46. The molecule has 0 aliphatic carbocycles. The van der Waals surface area contributed by atoms with E-state index >= 15 is 0 Å². The van der Waals surface area contributed by atoms with Gasteiger partial charge in [0.25, 0.3) is 5.91 Å². The highest BCUT2D eigenvalue weighted by atomic mass is 32.1. The zero-order valence-electron chi connectivity index (χ0n) is 19.3. The first kappa shape index (κ1) is 22.7. The van der Waals surface area contributed by atoms with Crippen molar-refractivity contribution in [3.8, 4) is 11.5 Å². The lowest BCUT2D eigenvalue weighted by molar-refractivity contribution is -0.124. The lowest BCUT2D eigenvalue weighted by atomic mass is 9.69. The fraction of sp³-hybridized carbons (Fsp3) is 0.185. The summed E-state index contributed by atoms with van der Waals surface area (Å²) in [5.74, 6) is 0.578. The van der Waals surface area contributed by atoms with Crippen molar-refractivity contribution >= 4 is 28.3 Å². The summed E-state index contributed by atoms with van der Waals surface area (Å²) in [4.78, 5) is 26.2. The number of amides is 2. The molecule has 1 unspecified atom stereocenters. The average Bonchev–Trinajstić information content (AvgIpc) is 3.39. The van der Waals surface area contributed by atoms with Gasteiger partial charge in [0, 0.05) is 29.2 Å². The Bertz CT molecular complexity index is 1370. The summed E-state index contributed by atoms with van der Waals surface area (Å²) in [5.41, 5.74) is 4.00. The third-order valence-electron chi connectivity index (χ3n) is 6.22. The highest BCUT2D eigenvalue weighted by Crippen LogP contribution is 2.52. The van der Waals surface area contributed by atoms with Gasteiger partial charge >= 0.3 is 0 Å². The minimum atomic E-state index is -0.850. The van der Waals surface area contributed by atoms with E-state index in [-0.39, 0.29) is 17.7 Å². The van der Waals surface area contributed by atoms with Crippen LogP contribution in [-0.4, -0.2) is 22.0 Å². The van der Waals surface area contributed by atoms with Crippen molar-refractivity contribution in [3.05, 3.63) is 101 Å². The maximum absolute atomic E-state index is 13.4. The summed E-state index contributed by atoms with van der Waals surface area (Å²) in [6.45, 7) is 4.24. The van der Waals surface area contributed by atoms with E-state index in [1.165, 1.54) is 11.3 Å². The molecule has 0 saturated carbocycles. The molecule has 2 heterocycles. The van der Waals surface area contributed by atoms with Crippen molar-refractivity contribution < 1.29 is 14.3 Å². The Labute approximate surface area is 207 Å². The maximum atomic E-state index is 13.4. The molecule has 0 fully saturated rings. The van der Waals surface area contributed by atoms with Crippen LogP contribution in [-0.2, 0) is 11.3 Å². The number of benzene rings is 3. The van der Waals surface area contributed by atoms with Gasteiger partial charge in [-0.3, -0.25) is 9.59 Å². The molecular formula is C27H24N4O3S. The second-order valence-corrected chi connectivity index (χ2v) is 9.75. The lowest BCUT2D eigenvalue weighted by Crippen LogP contribution is -2.38. The standard InChI is InChI=1S/C27H24N4O3S/c1-27(2,25(33)30-26-31-29-16-35-26)23-19-10-6-7-11-21(19)34-22-14-18(12-13-20(22)23)24(32)28-15-17-8-4-3-5-9-17/h3-14,16,23H,15H2,1-2H3,(H,28,32)(H,30,31,33). The van der Waals surface area contributed by atoms with Gasteiger partial charge in [0.1, 0.15) is 17.0 Å². The summed E-state index contributed by atoms with van der Waals surface area (Å²) in [7, 11) is 0. The summed E-state index contributed by atoms with van der Waals surface area (Å²) in [6.07, 6.45) is 0. The second kappa shape index (κ2) is 9.31. The molecule has 2 amide bonds. The van der Waals surface area contributed by atoms with Gasteiger partial charge in [-0.2, -0.15) is 0 Å². The molecule has 1 atom stereocenters. The van der Waals surface area contributed by atoms with E-state index in [9.17, 15) is 9.59 Å². The van der Waals surface area contributed by atoms with Crippen LogP contribution in [0.4, 0.5) is 5.13 Å². The van der Waals surface area contributed by atoms with E-state index in [0.29, 0.717) is 28.7 Å². The molecule has 176 valence electrons. The largest absolute Gasteiger partial charge is 0.457 e. The van der Waals surface area contributed by atoms with Crippen LogP contribution in [0.5, 0.6) is 11.5 Å². The number of carbonyl (C=O) groups is 2. The summed E-state index contributed by atoms with van der Waals surface area (Å²) in [6, 6.07) is 22.8. The average molecular weight is 485 g/mol. The van der Waals surface area contributed by atoms with E-state index in [2.05, 4.69) is 20.8 Å². The Morgan fingerprint density at radius 3 is 2.49 bits per heavy atom. The van der Waals surface area contributed by atoms with Crippen molar-refractivity contribution in [1.29, 1.82) is 0 Å². The number of hydrogen-bond acceptors (Lipinski definition) is 6. The molecule has 0 radical (unpaired) electrons. The van der Waals surface area contributed by atoms with Crippen LogP contribution in [0.1, 0.15) is 46.8 Å². The molecule has 2 N–H and O–H groups in total. The Morgan fingerprint density at radius 1 is 0.971 bits per heavy atom. The van der Waals surface area contributed by atoms with Gasteiger partial charge in [0.2, 0.25) is 11.0 Å². The number of ether oxygens (including phenoxy) is 1. The Kier molecular flexibility index (Phi) is 6.05. The highest BCUT2D eigenvalue weighted by molar-refractivity contribution is 7.13. The van der Waals surface area contributed by atoms with E-state index in [4.69, 9.17) is 4.74 Å². The fourth-order valence-electron chi connectivity index (χ4n) is 4.38. The van der Waals surface area contributed by atoms with E-state index in [1.807, 2.05) is 74.5 Å². The molecule has 35 heavy (non-hydrogen) atoms. The van der Waals surface area contributed by atoms with Gasteiger partial charge in [-0.25, -0.2) is 0 Å². The smallest absolute Gasteiger partial charge is 0.251 e. The van der Waals surface area contributed by atoms with Gasteiger partial charge in [-0.15, -0.1) is 10.2 Å². The highest BCUT2D eigenvalue weighted by Gasteiger charge is 2.43. The van der Waals surface area contributed by atoms with Crippen molar-refractivity contribution in [1.82, 2.24) is 15.5 Å². The third-order valence-corrected chi connectivity index (χ3v) is 6.83. The molecular weight excluding hydrogens is 460 g/mol. The lowest BCUT2D eigenvalue weighted by Gasteiger charge is -2.38. The third kappa shape index (κ3) is 4.52. The molecule has 0 spiro atoms. The Morgan fingerprint density at radius 2 is 1.71 bits per heavy atom. The molecule has 3 aromatic carbocycles. The first-order valence-corrected chi connectivity index (χ1v) is 12.1. The normalized spacial score (nSPS) is 14.3. The number of carbonyl (C=O) groups excluding carboxylic acids is 2. The van der Waals surface area contributed by atoms with Gasteiger partial charge in [-0.1, -0.05) is 79.8 Å². The number of aromatic nitrogens is 2. The number of hydrogen-bond donors (Lipinski definition) is 2. The maximum Gasteiger partial charge on any atom is 0.251 e. The molecule has 1 aliphatic rings. The fourth-order valence-corrected chi connectivity index (χ4v) is 4.82. The van der Waals surface area contributed by atoms with Crippen LogP contribution < -0.4 is 15.4 Å². The van der Waals surface area contributed by atoms with E-state index in [0.717, 1.165) is 16.7 Å². The monoisotopic (exact) mass is 484 g/mol. The van der Waals surface area contributed by atoms with Gasteiger partial charge in [0.15, 0.2) is 0 Å². The van der Waals surface area contributed by atoms with E-state index in [1.54, 1.807) is 17.6 Å². The van der Waals surface area contributed by atoms with Gasteiger partial charge < -0.3 is 15.4 Å². The number of fused-ring (bicyclic) bond motifs is 2. The molecule has 1 aromatic heterocycles. The molecule has 5 rings (SSSR count). The number of rotatable bonds is 6. The number of para-hydroxylation sites is 1. The topological polar surface area (TPSA) is 93.2 Å². The van der Waals surface area contributed by atoms with Crippen molar-refractivity contribution in [2.24, 2.45) is 5.41 Å². The molecule has 4 aromatic rings. The Hall–Kier alpha value is -4.04. The van der Waals surface area contributed by atoms with Crippen LogP contribution in [0, 0.1) is 5.41 Å². The molecule has 7 nitrogen and oxygen atoms in total. The second-order valence-electron chi connectivity index (χ2n) is 8.91. The predicted octanol–water partition coefficient (Wildman–Crippen LogP) is 5.37. The minimum absolute atomic E-state index is 0.174. The first-order chi connectivity index (χ1) is 16.9. The molecule has 0 saturated heterocycles. The zero-order valence-corrected chi connectivity index (χ0v) is 20.1. The van der Waals surface area contributed by atoms with Crippen LogP contribution in [0.25, 0.3) is 0 Å². The number of nitrogens with one attached hydrogen (secondary N) is 2.